The van der Waals surface area contributed by atoms with Crippen molar-refractivity contribution in [2.75, 3.05) is 33.7 Å². The summed E-state index contributed by atoms with van der Waals surface area (Å²) < 4.78 is 0. The van der Waals surface area contributed by atoms with Crippen LogP contribution in [0.4, 0.5) is 4.79 Å². The number of nitrogens with one attached hydrogen (secondary N) is 1. The van der Waals surface area contributed by atoms with Crippen LogP contribution in [0.3, 0.4) is 0 Å². The summed E-state index contributed by atoms with van der Waals surface area (Å²) in [7, 11) is 4.16. The highest BCUT2D eigenvalue weighted by atomic mass is 16.2. The van der Waals surface area contributed by atoms with Gasteiger partial charge < -0.3 is 15.1 Å². The van der Waals surface area contributed by atoms with Gasteiger partial charge in [-0.1, -0.05) is 38.5 Å². The number of rotatable bonds is 6. The van der Waals surface area contributed by atoms with Gasteiger partial charge in [-0.25, -0.2) is 4.79 Å². The monoisotopic (exact) mass is 309 g/mol. The molecule has 0 aliphatic heterocycles. The van der Waals surface area contributed by atoms with E-state index in [1.54, 1.807) is 0 Å². The van der Waals surface area contributed by atoms with E-state index >= 15 is 0 Å². The Labute approximate surface area is 136 Å². The zero-order chi connectivity index (χ0) is 15.8. The number of hydrogen-bond donors (Lipinski definition) is 1. The van der Waals surface area contributed by atoms with E-state index in [0.29, 0.717) is 12.0 Å². The van der Waals surface area contributed by atoms with Crippen LogP contribution in [0.1, 0.15) is 64.2 Å². The van der Waals surface area contributed by atoms with Crippen molar-refractivity contribution < 1.29 is 4.79 Å². The Morgan fingerprint density at radius 3 is 2.09 bits per heavy atom. The fraction of sp³-hybridized carbons (Fsp3) is 0.944. The minimum atomic E-state index is 0.180. The van der Waals surface area contributed by atoms with Gasteiger partial charge in [-0.2, -0.15) is 0 Å². The van der Waals surface area contributed by atoms with Crippen molar-refractivity contribution in [2.24, 2.45) is 5.92 Å². The van der Waals surface area contributed by atoms with Crippen LogP contribution in [0, 0.1) is 5.92 Å². The number of urea groups is 1. The Kier molecular flexibility index (Phi) is 7.50. The first-order valence-corrected chi connectivity index (χ1v) is 9.35. The zero-order valence-electron chi connectivity index (χ0n) is 14.6. The molecular weight excluding hydrogens is 274 g/mol. The fourth-order valence-electron chi connectivity index (χ4n) is 3.79. The third kappa shape index (κ3) is 6.15. The van der Waals surface area contributed by atoms with Crippen molar-refractivity contribution in [3.8, 4) is 0 Å². The van der Waals surface area contributed by atoms with E-state index in [0.717, 1.165) is 32.5 Å². The summed E-state index contributed by atoms with van der Waals surface area (Å²) in [6.07, 6.45) is 12.9. The molecule has 0 aromatic heterocycles. The standard InChI is InChI=1S/C18H35N3O/c1-20(2)13-14-21(15-16-9-5-3-6-10-16)18(22)19-17-11-7-4-8-12-17/h16-17H,3-15H2,1-2H3,(H,19,22). The highest BCUT2D eigenvalue weighted by Gasteiger charge is 2.23. The third-order valence-corrected chi connectivity index (χ3v) is 5.24. The van der Waals surface area contributed by atoms with E-state index in [1.807, 2.05) is 0 Å². The lowest BCUT2D eigenvalue weighted by Crippen LogP contribution is -2.49. The second-order valence-electron chi connectivity index (χ2n) is 7.54. The van der Waals surface area contributed by atoms with Gasteiger partial charge in [0.2, 0.25) is 0 Å². The summed E-state index contributed by atoms with van der Waals surface area (Å²) in [6, 6.07) is 0.591. The van der Waals surface area contributed by atoms with Crippen molar-refractivity contribution in [2.45, 2.75) is 70.3 Å². The van der Waals surface area contributed by atoms with Gasteiger partial charge in [0.1, 0.15) is 0 Å². The molecule has 0 bridgehead atoms. The molecule has 2 amide bonds. The number of hydrogen-bond acceptors (Lipinski definition) is 2. The van der Waals surface area contributed by atoms with Gasteiger partial charge in [0, 0.05) is 25.7 Å². The number of carbonyl (C=O) groups excluding carboxylic acids is 1. The Morgan fingerprint density at radius 1 is 0.909 bits per heavy atom. The third-order valence-electron chi connectivity index (χ3n) is 5.24. The highest BCUT2D eigenvalue weighted by Crippen LogP contribution is 2.24. The molecule has 1 N–H and O–H groups in total. The second kappa shape index (κ2) is 9.39. The summed E-state index contributed by atoms with van der Waals surface area (Å²) in [5.74, 6) is 0.716. The quantitative estimate of drug-likeness (QED) is 0.815. The van der Waals surface area contributed by atoms with Crippen LogP contribution in [0.2, 0.25) is 0 Å². The molecule has 0 radical (unpaired) electrons. The van der Waals surface area contributed by atoms with Gasteiger partial charge in [0.15, 0.2) is 0 Å². The molecule has 2 aliphatic rings. The van der Waals surface area contributed by atoms with Crippen molar-refractivity contribution in [1.29, 1.82) is 0 Å². The van der Waals surface area contributed by atoms with Crippen molar-refractivity contribution in [3.05, 3.63) is 0 Å². The van der Waals surface area contributed by atoms with Gasteiger partial charge in [-0.15, -0.1) is 0 Å². The number of nitrogens with zero attached hydrogens (tertiary/aromatic N) is 2. The Balaban J connectivity index is 1.84. The minimum Gasteiger partial charge on any atom is -0.335 e. The Morgan fingerprint density at radius 2 is 1.50 bits per heavy atom. The summed E-state index contributed by atoms with van der Waals surface area (Å²) in [5, 5.41) is 3.30. The Hall–Kier alpha value is -0.770. The molecule has 0 aromatic rings. The van der Waals surface area contributed by atoms with Crippen molar-refractivity contribution in [3.63, 3.8) is 0 Å². The molecular formula is C18H35N3O. The van der Waals surface area contributed by atoms with Crippen LogP contribution in [0.25, 0.3) is 0 Å². The smallest absolute Gasteiger partial charge is 0.317 e. The molecule has 2 aliphatic carbocycles. The lowest BCUT2D eigenvalue weighted by atomic mass is 9.89. The predicted octanol–water partition coefficient (Wildman–Crippen LogP) is 3.47. The van der Waals surface area contributed by atoms with Crippen LogP contribution in [-0.4, -0.2) is 55.6 Å². The molecule has 4 heteroatoms. The molecule has 22 heavy (non-hydrogen) atoms. The molecule has 0 heterocycles. The predicted molar refractivity (Wildman–Crippen MR) is 92.1 cm³/mol. The summed E-state index contributed by atoms with van der Waals surface area (Å²) in [6.45, 7) is 2.75. The van der Waals surface area contributed by atoms with Gasteiger partial charge in [-0.3, -0.25) is 0 Å². The molecule has 2 rings (SSSR count). The van der Waals surface area contributed by atoms with Gasteiger partial charge in [-0.05, 0) is 45.7 Å². The molecule has 128 valence electrons. The maximum absolute atomic E-state index is 12.7. The Bertz CT molecular complexity index is 320. The topological polar surface area (TPSA) is 35.6 Å². The molecule has 0 spiro atoms. The molecule has 0 aromatic carbocycles. The normalized spacial score (nSPS) is 21.0. The first-order valence-electron chi connectivity index (χ1n) is 9.35. The van der Waals surface area contributed by atoms with Crippen LogP contribution < -0.4 is 5.32 Å². The van der Waals surface area contributed by atoms with E-state index in [9.17, 15) is 4.79 Å². The maximum atomic E-state index is 12.7. The van der Waals surface area contributed by atoms with E-state index in [1.165, 1.54) is 51.4 Å². The van der Waals surface area contributed by atoms with Gasteiger partial charge >= 0.3 is 6.03 Å². The lowest BCUT2D eigenvalue weighted by molar-refractivity contribution is 0.165. The van der Waals surface area contributed by atoms with Gasteiger partial charge in [0.05, 0.1) is 0 Å². The first-order chi connectivity index (χ1) is 10.6. The van der Waals surface area contributed by atoms with Crippen molar-refractivity contribution >= 4 is 6.03 Å². The van der Waals surface area contributed by atoms with Crippen LogP contribution >= 0.6 is 0 Å². The molecule has 4 nitrogen and oxygen atoms in total. The molecule has 2 saturated carbocycles. The lowest BCUT2D eigenvalue weighted by Gasteiger charge is -2.33. The van der Waals surface area contributed by atoms with Crippen LogP contribution in [0.5, 0.6) is 0 Å². The van der Waals surface area contributed by atoms with E-state index in [4.69, 9.17) is 0 Å². The second-order valence-corrected chi connectivity index (χ2v) is 7.54. The van der Waals surface area contributed by atoms with Crippen LogP contribution in [0.15, 0.2) is 0 Å². The average Bonchev–Trinajstić information content (AvgIpc) is 2.53. The highest BCUT2D eigenvalue weighted by molar-refractivity contribution is 5.74. The molecule has 0 saturated heterocycles. The number of likely N-dealkylation sites (N-methyl/N-ethyl adjacent to an activating group) is 1. The SMILES string of the molecule is CN(C)CCN(CC1CCCCC1)C(=O)NC1CCCCC1. The average molecular weight is 309 g/mol. The fourth-order valence-corrected chi connectivity index (χ4v) is 3.79. The van der Waals surface area contributed by atoms with E-state index < -0.39 is 0 Å². The minimum absolute atomic E-state index is 0.180. The summed E-state index contributed by atoms with van der Waals surface area (Å²) in [5.41, 5.74) is 0. The maximum Gasteiger partial charge on any atom is 0.317 e. The summed E-state index contributed by atoms with van der Waals surface area (Å²) >= 11 is 0. The van der Waals surface area contributed by atoms with Crippen LogP contribution in [-0.2, 0) is 0 Å². The molecule has 0 atom stereocenters. The molecule has 0 unspecified atom stereocenters. The largest absolute Gasteiger partial charge is 0.335 e. The first kappa shape index (κ1) is 17.6. The zero-order valence-corrected chi connectivity index (χ0v) is 14.6. The van der Waals surface area contributed by atoms with Crippen molar-refractivity contribution in [1.82, 2.24) is 15.1 Å². The molecule has 2 fully saturated rings. The van der Waals surface area contributed by atoms with Gasteiger partial charge in [0.25, 0.3) is 0 Å². The van der Waals surface area contributed by atoms with E-state index in [2.05, 4.69) is 29.2 Å². The van der Waals surface area contributed by atoms with E-state index in [-0.39, 0.29) is 6.03 Å². The summed E-state index contributed by atoms with van der Waals surface area (Å²) in [4.78, 5) is 17.0. The number of carbonyl (C=O) groups is 1. The number of amides is 2.